The third-order valence-corrected chi connectivity index (χ3v) is 1.48. The molecule has 1 heterocycles. The average molecular weight is 168 g/mol. The van der Waals surface area contributed by atoms with E-state index in [0.717, 1.165) is 12.3 Å². The van der Waals surface area contributed by atoms with Crippen molar-refractivity contribution in [3.63, 3.8) is 0 Å². The van der Waals surface area contributed by atoms with Crippen LogP contribution >= 0.6 is 0 Å². The first kappa shape index (κ1) is 9.10. The number of hydrogen-bond acceptors (Lipinski definition) is 2. The number of nitrogens with zero attached hydrogens (tertiary/aromatic N) is 2. The van der Waals surface area contributed by atoms with Crippen LogP contribution < -0.4 is 4.74 Å². The topological polar surface area (TPSA) is 27.1 Å². The molecule has 0 spiro atoms. The molecule has 0 unspecified atom stereocenters. The minimum absolute atomic E-state index is 0.261. The van der Waals surface area contributed by atoms with Gasteiger partial charge in [-0.3, -0.25) is 4.68 Å². The standard InChI is InChI=1S/C9H16N2O/c1-9(2,3)7-11-6-8(12-4)5-10-11/h5-6H,7H2,1-4H3. The number of methoxy groups -OCH3 is 1. The van der Waals surface area contributed by atoms with E-state index in [1.54, 1.807) is 13.3 Å². The van der Waals surface area contributed by atoms with Gasteiger partial charge in [0, 0.05) is 6.54 Å². The average Bonchev–Trinajstić information content (AvgIpc) is 2.32. The van der Waals surface area contributed by atoms with Gasteiger partial charge < -0.3 is 4.74 Å². The summed E-state index contributed by atoms with van der Waals surface area (Å²) in [5, 5.41) is 4.16. The van der Waals surface area contributed by atoms with Crippen molar-refractivity contribution in [3.8, 4) is 5.75 Å². The number of ether oxygens (including phenoxy) is 1. The second-order valence-electron chi connectivity index (χ2n) is 4.14. The van der Waals surface area contributed by atoms with Crippen LogP contribution in [-0.4, -0.2) is 16.9 Å². The van der Waals surface area contributed by atoms with E-state index in [0.29, 0.717) is 0 Å². The zero-order valence-corrected chi connectivity index (χ0v) is 8.16. The van der Waals surface area contributed by atoms with E-state index in [4.69, 9.17) is 4.74 Å². The highest BCUT2D eigenvalue weighted by Gasteiger charge is 2.11. The van der Waals surface area contributed by atoms with Crippen LogP contribution in [0.5, 0.6) is 5.75 Å². The largest absolute Gasteiger partial charge is 0.493 e. The first-order valence-corrected chi connectivity index (χ1v) is 4.08. The van der Waals surface area contributed by atoms with Gasteiger partial charge in [-0.1, -0.05) is 20.8 Å². The minimum Gasteiger partial charge on any atom is -0.493 e. The Kier molecular flexibility index (Phi) is 2.40. The Morgan fingerprint density at radius 3 is 2.58 bits per heavy atom. The van der Waals surface area contributed by atoms with Gasteiger partial charge in [0.05, 0.1) is 19.5 Å². The quantitative estimate of drug-likeness (QED) is 0.674. The normalized spacial score (nSPS) is 11.7. The van der Waals surface area contributed by atoms with Crippen molar-refractivity contribution in [1.29, 1.82) is 0 Å². The molecule has 0 aliphatic carbocycles. The highest BCUT2D eigenvalue weighted by atomic mass is 16.5. The summed E-state index contributed by atoms with van der Waals surface area (Å²) in [6, 6.07) is 0. The van der Waals surface area contributed by atoms with E-state index >= 15 is 0 Å². The third kappa shape index (κ3) is 2.57. The van der Waals surface area contributed by atoms with Crippen molar-refractivity contribution >= 4 is 0 Å². The molecule has 0 aromatic carbocycles. The van der Waals surface area contributed by atoms with Crippen LogP contribution in [0.15, 0.2) is 12.4 Å². The summed E-state index contributed by atoms with van der Waals surface area (Å²) in [6.07, 6.45) is 3.64. The van der Waals surface area contributed by atoms with E-state index in [2.05, 4.69) is 25.9 Å². The molecule has 0 saturated heterocycles. The van der Waals surface area contributed by atoms with Crippen molar-refractivity contribution in [2.75, 3.05) is 7.11 Å². The smallest absolute Gasteiger partial charge is 0.156 e. The van der Waals surface area contributed by atoms with E-state index in [1.165, 1.54) is 0 Å². The van der Waals surface area contributed by atoms with Crippen LogP contribution in [0.2, 0.25) is 0 Å². The van der Waals surface area contributed by atoms with Crippen LogP contribution in [0.1, 0.15) is 20.8 Å². The van der Waals surface area contributed by atoms with Crippen molar-refractivity contribution < 1.29 is 4.74 Å². The van der Waals surface area contributed by atoms with Crippen LogP contribution in [0.25, 0.3) is 0 Å². The van der Waals surface area contributed by atoms with Crippen molar-refractivity contribution in [3.05, 3.63) is 12.4 Å². The monoisotopic (exact) mass is 168 g/mol. The van der Waals surface area contributed by atoms with Crippen molar-refractivity contribution in [2.24, 2.45) is 5.41 Å². The maximum atomic E-state index is 5.03. The summed E-state index contributed by atoms with van der Waals surface area (Å²) in [5.74, 6) is 0.819. The molecule has 0 aliphatic rings. The molecule has 0 bridgehead atoms. The van der Waals surface area contributed by atoms with Crippen molar-refractivity contribution in [2.45, 2.75) is 27.3 Å². The maximum Gasteiger partial charge on any atom is 0.156 e. The third-order valence-electron chi connectivity index (χ3n) is 1.48. The lowest BCUT2D eigenvalue weighted by Crippen LogP contribution is -2.15. The van der Waals surface area contributed by atoms with Gasteiger partial charge in [0.2, 0.25) is 0 Å². The van der Waals surface area contributed by atoms with E-state index in [-0.39, 0.29) is 5.41 Å². The SMILES string of the molecule is COc1cnn(CC(C)(C)C)c1. The lowest BCUT2D eigenvalue weighted by Gasteiger charge is -2.17. The van der Waals surface area contributed by atoms with Crippen LogP contribution in [0.3, 0.4) is 0 Å². The predicted molar refractivity (Wildman–Crippen MR) is 48.2 cm³/mol. The van der Waals surface area contributed by atoms with Gasteiger partial charge in [-0.05, 0) is 5.41 Å². The molecular weight excluding hydrogens is 152 g/mol. The van der Waals surface area contributed by atoms with Gasteiger partial charge in [-0.15, -0.1) is 0 Å². The van der Waals surface area contributed by atoms with E-state index in [9.17, 15) is 0 Å². The summed E-state index contributed by atoms with van der Waals surface area (Å²) < 4.78 is 6.93. The fourth-order valence-corrected chi connectivity index (χ4v) is 1.02. The Hall–Kier alpha value is -0.990. The summed E-state index contributed by atoms with van der Waals surface area (Å²) in [6.45, 7) is 7.46. The Labute approximate surface area is 73.3 Å². The number of aromatic nitrogens is 2. The van der Waals surface area contributed by atoms with E-state index in [1.807, 2.05) is 10.9 Å². The molecule has 0 radical (unpaired) electrons. The Morgan fingerprint density at radius 2 is 2.17 bits per heavy atom. The highest BCUT2D eigenvalue weighted by Crippen LogP contribution is 2.17. The fourth-order valence-electron chi connectivity index (χ4n) is 1.02. The molecule has 3 nitrogen and oxygen atoms in total. The molecular formula is C9H16N2O. The molecule has 0 saturated carbocycles. The Bertz CT molecular complexity index is 247. The van der Waals surface area contributed by atoms with Gasteiger partial charge >= 0.3 is 0 Å². The summed E-state index contributed by atoms with van der Waals surface area (Å²) in [4.78, 5) is 0. The van der Waals surface area contributed by atoms with E-state index < -0.39 is 0 Å². The van der Waals surface area contributed by atoms with Crippen molar-refractivity contribution in [1.82, 2.24) is 9.78 Å². The molecule has 0 amide bonds. The maximum absolute atomic E-state index is 5.03. The molecule has 68 valence electrons. The highest BCUT2D eigenvalue weighted by molar-refractivity contribution is 5.11. The van der Waals surface area contributed by atoms with Crippen LogP contribution in [-0.2, 0) is 6.54 Å². The Balaban J connectivity index is 2.64. The number of hydrogen-bond donors (Lipinski definition) is 0. The van der Waals surface area contributed by atoms with Gasteiger partial charge in [0.1, 0.15) is 0 Å². The summed E-state index contributed by atoms with van der Waals surface area (Å²) in [5.41, 5.74) is 0.261. The van der Waals surface area contributed by atoms with Gasteiger partial charge in [0.15, 0.2) is 5.75 Å². The first-order chi connectivity index (χ1) is 5.51. The Morgan fingerprint density at radius 1 is 1.50 bits per heavy atom. The molecule has 0 N–H and O–H groups in total. The zero-order valence-electron chi connectivity index (χ0n) is 8.16. The molecule has 1 aromatic rings. The summed E-state index contributed by atoms with van der Waals surface area (Å²) in [7, 11) is 1.65. The van der Waals surface area contributed by atoms with Gasteiger partial charge in [-0.2, -0.15) is 5.10 Å². The second kappa shape index (κ2) is 3.17. The predicted octanol–water partition coefficient (Wildman–Crippen LogP) is 1.94. The van der Waals surface area contributed by atoms with Gasteiger partial charge in [0.25, 0.3) is 0 Å². The number of rotatable bonds is 2. The summed E-state index contributed by atoms with van der Waals surface area (Å²) >= 11 is 0. The lowest BCUT2D eigenvalue weighted by atomic mass is 9.97. The zero-order chi connectivity index (χ0) is 9.19. The van der Waals surface area contributed by atoms with Crippen LogP contribution in [0.4, 0.5) is 0 Å². The van der Waals surface area contributed by atoms with Crippen LogP contribution in [0, 0.1) is 5.41 Å². The molecule has 0 aliphatic heterocycles. The molecule has 12 heavy (non-hydrogen) atoms. The minimum atomic E-state index is 0.261. The molecule has 0 atom stereocenters. The first-order valence-electron chi connectivity index (χ1n) is 4.08. The molecule has 1 aromatic heterocycles. The fraction of sp³-hybridized carbons (Fsp3) is 0.667. The molecule has 1 rings (SSSR count). The molecule has 3 heteroatoms. The lowest BCUT2D eigenvalue weighted by molar-refractivity contribution is 0.324. The molecule has 0 fully saturated rings. The second-order valence-corrected chi connectivity index (χ2v) is 4.14. The van der Waals surface area contributed by atoms with Gasteiger partial charge in [-0.25, -0.2) is 0 Å².